The van der Waals surface area contributed by atoms with Crippen molar-refractivity contribution in [1.82, 2.24) is 15.6 Å². The molecular weight excluding hydrogens is 398 g/mol. The lowest BCUT2D eigenvalue weighted by Crippen LogP contribution is -2.42. The number of hydrogen-bond acceptors (Lipinski definition) is 4. The number of hydrogen-bond donors (Lipinski definition) is 2. The molecule has 7 nitrogen and oxygen atoms in total. The normalized spacial score (nSPS) is 14.1. The van der Waals surface area contributed by atoms with Crippen molar-refractivity contribution < 1.29 is 8.42 Å². The first kappa shape index (κ1) is 20.4. The number of halogens is 1. The molecule has 0 aliphatic carbocycles. The molecule has 0 unspecified atom stereocenters. The minimum Gasteiger partial charge on any atom is -0.356 e. The summed E-state index contributed by atoms with van der Waals surface area (Å²) in [5, 5.41) is 6.71. The van der Waals surface area contributed by atoms with Gasteiger partial charge in [0.15, 0.2) is 5.96 Å². The van der Waals surface area contributed by atoms with E-state index >= 15 is 0 Å². The Balaban J connectivity index is 1.46. The van der Waals surface area contributed by atoms with Crippen molar-refractivity contribution in [2.24, 2.45) is 4.99 Å². The zero-order chi connectivity index (χ0) is 20.0. The van der Waals surface area contributed by atoms with Crippen LogP contribution in [-0.4, -0.2) is 51.8 Å². The summed E-state index contributed by atoms with van der Waals surface area (Å²) >= 11 is 5.78. The summed E-state index contributed by atoms with van der Waals surface area (Å²) in [5.74, 6) is 0.572. The van der Waals surface area contributed by atoms with E-state index in [1.165, 1.54) is 4.31 Å². The highest BCUT2D eigenvalue weighted by atomic mass is 35.5. The van der Waals surface area contributed by atoms with Gasteiger partial charge in [-0.2, -0.15) is 0 Å². The topological polar surface area (TPSA) is 86.7 Å². The van der Waals surface area contributed by atoms with Crippen LogP contribution < -0.4 is 14.9 Å². The Morgan fingerprint density at radius 1 is 1.21 bits per heavy atom. The summed E-state index contributed by atoms with van der Waals surface area (Å²) in [4.78, 5) is 8.18. The molecule has 1 aromatic carbocycles. The number of fused-ring (bicyclic) bond motifs is 1. The number of anilines is 1. The van der Waals surface area contributed by atoms with E-state index in [9.17, 15) is 8.42 Å². The molecule has 0 bridgehead atoms. The van der Waals surface area contributed by atoms with Crippen LogP contribution in [0.3, 0.4) is 0 Å². The fourth-order valence-corrected chi connectivity index (χ4v) is 4.65. The third-order valence-corrected chi connectivity index (χ3v) is 6.55. The molecule has 0 atom stereocenters. The number of aromatic nitrogens is 1. The Bertz CT molecular complexity index is 932. The van der Waals surface area contributed by atoms with Gasteiger partial charge in [-0.05, 0) is 36.1 Å². The maximum Gasteiger partial charge on any atom is 0.236 e. The van der Waals surface area contributed by atoms with Crippen molar-refractivity contribution in [2.75, 3.05) is 36.7 Å². The van der Waals surface area contributed by atoms with E-state index in [0.717, 1.165) is 29.7 Å². The fourth-order valence-electron chi connectivity index (χ4n) is 3.11. The van der Waals surface area contributed by atoms with E-state index in [2.05, 4.69) is 20.6 Å². The number of benzene rings is 1. The zero-order valence-electron chi connectivity index (χ0n) is 15.7. The Hall–Kier alpha value is -2.32. The lowest BCUT2D eigenvalue weighted by Gasteiger charge is -2.20. The Kier molecular flexibility index (Phi) is 6.74. The number of sulfonamides is 1. The Morgan fingerprint density at radius 3 is 2.75 bits per heavy atom. The van der Waals surface area contributed by atoms with Crippen molar-refractivity contribution in [2.45, 2.75) is 12.8 Å². The number of rotatable bonds is 7. The zero-order valence-corrected chi connectivity index (χ0v) is 17.3. The van der Waals surface area contributed by atoms with Crippen LogP contribution in [0.2, 0.25) is 5.15 Å². The molecule has 0 spiro atoms. The molecule has 0 fully saturated rings. The van der Waals surface area contributed by atoms with Crippen LogP contribution in [0.25, 0.3) is 0 Å². The van der Waals surface area contributed by atoms with Crippen LogP contribution in [0.1, 0.15) is 11.1 Å². The monoisotopic (exact) mass is 421 g/mol. The molecule has 0 saturated heterocycles. The molecule has 2 heterocycles. The highest BCUT2D eigenvalue weighted by Gasteiger charge is 2.28. The summed E-state index contributed by atoms with van der Waals surface area (Å²) in [6, 6.07) is 11.3. The van der Waals surface area contributed by atoms with Crippen LogP contribution in [-0.2, 0) is 22.9 Å². The van der Waals surface area contributed by atoms with Crippen LogP contribution in [0.15, 0.2) is 47.6 Å². The van der Waals surface area contributed by atoms with Gasteiger partial charge < -0.3 is 10.6 Å². The van der Waals surface area contributed by atoms with Crippen molar-refractivity contribution >= 4 is 33.3 Å². The maximum absolute atomic E-state index is 12.7. The molecule has 150 valence electrons. The number of para-hydroxylation sites is 1. The number of aliphatic imine (C=N–C) groups is 1. The highest BCUT2D eigenvalue weighted by Crippen LogP contribution is 2.29. The van der Waals surface area contributed by atoms with Gasteiger partial charge in [-0.25, -0.2) is 13.4 Å². The van der Waals surface area contributed by atoms with E-state index in [1.54, 1.807) is 19.3 Å². The first-order chi connectivity index (χ1) is 13.5. The third-order valence-electron chi connectivity index (χ3n) is 4.55. The Labute approximate surface area is 170 Å². The first-order valence-electron chi connectivity index (χ1n) is 9.13. The van der Waals surface area contributed by atoms with Crippen molar-refractivity contribution in [3.63, 3.8) is 0 Å². The average molecular weight is 422 g/mol. The van der Waals surface area contributed by atoms with Crippen molar-refractivity contribution in [1.29, 1.82) is 0 Å². The van der Waals surface area contributed by atoms with Gasteiger partial charge >= 0.3 is 0 Å². The summed E-state index contributed by atoms with van der Waals surface area (Å²) < 4.78 is 26.9. The molecule has 0 radical (unpaired) electrons. The quantitative estimate of drug-likeness (QED) is 0.404. The van der Waals surface area contributed by atoms with Gasteiger partial charge in [0.05, 0.1) is 11.4 Å². The van der Waals surface area contributed by atoms with Crippen molar-refractivity contribution in [3.05, 3.63) is 58.9 Å². The molecule has 28 heavy (non-hydrogen) atoms. The van der Waals surface area contributed by atoms with E-state index in [1.807, 2.05) is 30.3 Å². The van der Waals surface area contributed by atoms with E-state index in [4.69, 9.17) is 11.6 Å². The summed E-state index contributed by atoms with van der Waals surface area (Å²) in [6.07, 6.45) is 3.25. The van der Waals surface area contributed by atoms with Gasteiger partial charge in [0, 0.05) is 32.9 Å². The summed E-state index contributed by atoms with van der Waals surface area (Å²) in [7, 11) is -1.72. The summed E-state index contributed by atoms with van der Waals surface area (Å²) in [6.45, 7) is 1.43. The first-order valence-corrected chi connectivity index (χ1v) is 11.1. The maximum atomic E-state index is 12.7. The van der Waals surface area contributed by atoms with Crippen molar-refractivity contribution in [3.8, 4) is 0 Å². The standard InChI is InChI=1S/C19H24ClN5O2S/c1-21-19(22-10-8-15-6-7-18(20)24-14-15)23-11-13-28(26,27)25-12-9-16-4-2-3-5-17(16)25/h2-7,14H,8-13H2,1H3,(H2,21,22,23). The second-order valence-corrected chi connectivity index (χ2v) is 8.83. The van der Waals surface area contributed by atoms with Gasteiger partial charge in [0.25, 0.3) is 0 Å². The minimum absolute atomic E-state index is 0.00311. The Morgan fingerprint density at radius 2 is 2.00 bits per heavy atom. The molecule has 1 aliphatic heterocycles. The number of nitrogens with one attached hydrogen (secondary N) is 2. The predicted molar refractivity (Wildman–Crippen MR) is 114 cm³/mol. The molecule has 2 N–H and O–H groups in total. The van der Waals surface area contributed by atoms with Gasteiger partial charge in [0.2, 0.25) is 10.0 Å². The average Bonchev–Trinajstić information content (AvgIpc) is 3.13. The van der Waals surface area contributed by atoms with Crippen LogP contribution >= 0.6 is 11.6 Å². The number of pyridine rings is 1. The molecule has 1 aliphatic rings. The van der Waals surface area contributed by atoms with E-state index < -0.39 is 10.0 Å². The van der Waals surface area contributed by atoms with Gasteiger partial charge in [-0.15, -0.1) is 0 Å². The van der Waals surface area contributed by atoms with Crippen LogP contribution in [0.5, 0.6) is 0 Å². The predicted octanol–water partition coefficient (Wildman–Crippen LogP) is 1.84. The lowest BCUT2D eigenvalue weighted by atomic mass is 10.2. The molecule has 2 aromatic rings. The second kappa shape index (κ2) is 9.25. The number of guanidine groups is 1. The molecule has 3 rings (SSSR count). The van der Waals surface area contributed by atoms with E-state index in [-0.39, 0.29) is 12.3 Å². The molecule has 1 aromatic heterocycles. The molecule has 0 saturated carbocycles. The van der Waals surface area contributed by atoms with Crippen LogP contribution in [0, 0.1) is 0 Å². The van der Waals surface area contributed by atoms with Crippen LogP contribution in [0.4, 0.5) is 5.69 Å². The third kappa shape index (κ3) is 5.14. The SMILES string of the molecule is CN=C(NCCc1ccc(Cl)nc1)NCCS(=O)(=O)N1CCc2ccccc21. The fraction of sp³-hybridized carbons (Fsp3) is 0.368. The molecule has 0 amide bonds. The highest BCUT2D eigenvalue weighted by molar-refractivity contribution is 7.92. The lowest BCUT2D eigenvalue weighted by molar-refractivity contribution is 0.591. The molecule has 9 heteroatoms. The van der Waals surface area contributed by atoms with Gasteiger partial charge in [0.1, 0.15) is 5.15 Å². The largest absolute Gasteiger partial charge is 0.356 e. The van der Waals surface area contributed by atoms with E-state index in [0.29, 0.717) is 24.2 Å². The van der Waals surface area contributed by atoms with Gasteiger partial charge in [-0.3, -0.25) is 9.30 Å². The summed E-state index contributed by atoms with van der Waals surface area (Å²) in [5.41, 5.74) is 2.93. The minimum atomic E-state index is -3.38. The smallest absolute Gasteiger partial charge is 0.236 e. The van der Waals surface area contributed by atoms with Gasteiger partial charge in [-0.1, -0.05) is 35.9 Å². The second-order valence-electron chi connectivity index (χ2n) is 6.43. The number of nitrogens with zero attached hydrogens (tertiary/aromatic N) is 3. The molecular formula is C19H24ClN5O2S.